The number of amides is 3. The summed E-state index contributed by atoms with van der Waals surface area (Å²) in [5.41, 5.74) is 0.860. The highest BCUT2D eigenvalue weighted by molar-refractivity contribution is 7.89. The molecule has 0 spiro atoms. The topological polar surface area (TPSA) is 98.8 Å². The lowest BCUT2D eigenvalue weighted by Crippen LogP contribution is -2.46. The summed E-state index contributed by atoms with van der Waals surface area (Å²) in [4.78, 5) is 25.4. The molecule has 0 aromatic heterocycles. The molecule has 27 heavy (non-hydrogen) atoms. The molecule has 1 saturated heterocycles. The largest absolute Gasteiger partial charge is 0.336 e. The predicted molar refractivity (Wildman–Crippen MR) is 103 cm³/mol. The average molecular weight is 397 g/mol. The molecular weight excluding hydrogens is 368 g/mol. The fourth-order valence-corrected chi connectivity index (χ4v) is 4.56. The monoisotopic (exact) mass is 396 g/mol. The maximum absolute atomic E-state index is 12.5. The van der Waals surface area contributed by atoms with Gasteiger partial charge in [0, 0.05) is 32.2 Å². The van der Waals surface area contributed by atoms with Crippen molar-refractivity contribution in [1.29, 1.82) is 0 Å². The van der Waals surface area contributed by atoms with Crippen LogP contribution >= 0.6 is 0 Å². The fraction of sp³-hybridized carbons (Fsp3) is 0.556. The van der Waals surface area contributed by atoms with Crippen molar-refractivity contribution in [3.8, 4) is 0 Å². The molecule has 1 aromatic rings. The SMILES string of the molecule is CCN(CC)S(=O)(=O)c1ccc([C@H](C)N[C@@H](C)C(=O)N2CCNC2=O)cc1. The summed E-state index contributed by atoms with van der Waals surface area (Å²) >= 11 is 0. The summed E-state index contributed by atoms with van der Waals surface area (Å²) in [6, 6.07) is 5.57. The van der Waals surface area contributed by atoms with E-state index in [9.17, 15) is 18.0 Å². The molecule has 0 unspecified atom stereocenters. The molecule has 150 valence electrons. The summed E-state index contributed by atoms with van der Waals surface area (Å²) in [5.74, 6) is -0.280. The van der Waals surface area contributed by atoms with Crippen LogP contribution in [0.2, 0.25) is 0 Å². The van der Waals surface area contributed by atoms with Crippen LogP contribution in [-0.4, -0.2) is 61.8 Å². The molecule has 0 aliphatic carbocycles. The molecule has 2 atom stereocenters. The zero-order valence-electron chi connectivity index (χ0n) is 16.2. The van der Waals surface area contributed by atoms with Crippen molar-refractivity contribution >= 4 is 22.0 Å². The number of carbonyl (C=O) groups is 2. The minimum absolute atomic E-state index is 0.181. The lowest BCUT2D eigenvalue weighted by Gasteiger charge is -2.23. The second-order valence-corrected chi connectivity index (χ2v) is 8.43. The van der Waals surface area contributed by atoms with Crippen molar-refractivity contribution in [2.75, 3.05) is 26.2 Å². The van der Waals surface area contributed by atoms with E-state index in [4.69, 9.17) is 0 Å². The first-order valence-corrected chi connectivity index (χ1v) is 10.6. The maximum Gasteiger partial charge on any atom is 0.324 e. The quantitative estimate of drug-likeness (QED) is 0.690. The molecular formula is C18H28N4O4S. The molecule has 3 amide bonds. The van der Waals surface area contributed by atoms with Gasteiger partial charge in [0.2, 0.25) is 15.9 Å². The smallest absolute Gasteiger partial charge is 0.324 e. The number of nitrogens with one attached hydrogen (secondary N) is 2. The molecule has 0 radical (unpaired) electrons. The van der Waals surface area contributed by atoms with Crippen molar-refractivity contribution < 1.29 is 18.0 Å². The minimum atomic E-state index is -3.49. The van der Waals surface area contributed by atoms with E-state index in [2.05, 4.69) is 10.6 Å². The molecule has 0 bridgehead atoms. The number of rotatable bonds is 8. The summed E-state index contributed by atoms with van der Waals surface area (Å²) in [7, 11) is -3.49. The molecule has 0 saturated carbocycles. The molecule has 8 nitrogen and oxygen atoms in total. The van der Waals surface area contributed by atoms with Crippen LogP contribution in [0, 0.1) is 0 Å². The lowest BCUT2D eigenvalue weighted by molar-refractivity contribution is -0.129. The number of carbonyl (C=O) groups excluding carboxylic acids is 2. The lowest BCUT2D eigenvalue weighted by atomic mass is 10.1. The zero-order chi connectivity index (χ0) is 20.2. The Bertz CT molecular complexity index is 775. The number of urea groups is 1. The molecule has 1 heterocycles. The van der Waals surface area contributed by atoms with E-state index in [-0.39, 0.29) is 22.9 Å². The van der Waals surface area contributed by atoms with Crippen LogP contribution in [-0.2, 0) is 14.8 Å². The van der Waals surface area contributed by atoms with E-state index in [1.54, 1.807) is 45.0 Å². The number of hydrogen-bond donors (Lipinski definition) is 2. The Hall–Kier alpha value is -1.97. The van der Waals surface area contributed by atoms with E-state index in [0.29, 0.717) is 26.2 Å². The second kappa shape index (κ2) is 8.81. The number of nitrogens with zero attached hydrogens (tertiary/aromatic N) is 2. The van der Waals surface area contributed by atoms with Gasteiger partial charge in [-0.2, -0.15) is 4.31 Å². The van der Waals surface area contributed by atoms with Gasteiger partial charge in [0.25, 0.3) is 0 Å². The molecule has 1 fully saturated rings. The highest BCUT2D eigenvalue weighted by atomic mass is 32.2. The van der Waals surface area contributed by atoms with Crippen LogP contribution < -0.4 is 10.6 Å². The molecule has 1 aliphatic rings. The maximum atomic E-state index is 12.5. The third kappa shape index (κ3) is 4.66. The highest BCUT2D eigenvalue weighted by Gasteiger charge is 2.30. The van der Waals surface area contributed by atoms with Gasteiger partial charge >= 0.3 is 6.03 Å². The van der Waals surface area contributed by atoms with E-state index < -0.39 is 16.1 Å². The molecule has 1 aliphatic heterocycles. The van der Waals surface area contributed by atoms with Crippen LogP contribution in [0.1, 0.15) is 39.3 Å². The van der Waals surface area contributed by atoms with E-state index in [1.807, 2.05) is 6.92 Å². The van der Waals surface area contributed by atoms with Crippen LogP contribution in [0.5, 0.6) is 0 Å². The first kappa shape index (κ1) is 21.3. The normalized spacial score (nSPS) is 17.1. The Balaban J connectivity index is 2.06. The van der Waals surface area contributed by atoms with Crippen molar-refractivity contribution in [2.45, 2.75) is 44.7 Å². The van der Waals surface area contributed by atoms with E-state index in [0.717, 1.165) is 5.56 Å². The molecule has 1 aromatic carbocycles. The number of benzene rings is 1. The Morgan fingerprint density at radius 1 is 1.22 bits per heavy atom. The molecule has 2 rings (SSSR count). The van der Waals surface area contributed by atoms with Crippen molar-refractivity contribution in [1.82, 2.24) is 19.8 Å². The second-order valence-electron chi connectivity index (χ2n) is 6.49. The summed E-state index contributed by atoms with van der Waals surface area (Å²) in [5, 5.41) is 5.77. The van der Waals surface area contributed by atoms with Crippen LogP contribution in [0.4, 0.5) is 4.79 Å². The van der Waals surface area contributed by atoms with Gasteiger partial charge in [-0.05, 0) is 31.5 Å². The predicted octanol–water partition coefficient (Wildman–Crippen LogP) is 1.31. The van der Waals surface area contributed by atoms with Crippen molar-refractivity contribution in [2.24, 2.45) is 0 Å². The zero-order valence-corrected chi connectivity index (χ0v) is 17.0. The van der Waals surface area contributed by atoms with Gasteiger partial charge in [0.05, 0.1) is 10.9 Å². The minimum Gasteiger partial charge on any atom is -0.336 e. The van der Waals surface area contributed by atoms with Crippen LogP contribution in [0.3, 0.4) is 0 Å². The van der Waals surface area contributed by atoms with Crippen LogP contribution in [0.25, 0.3) is 0 Å². The van der Waals surface area contributed by atoms with Gasteiger partial charge in [-0.15, -0.1) is 0 Å². The fourth-order valence-electron chi connectivity index (χ4n) is 3.10. The summed E-state index contributed by atoms with van der Waals surface area (Å²) in [6.07, 6.45) is 0. The Kier molecular flexibility index (Phi) is 6.96. The average Bonchev–Trinajstić information content (AvgIpc) is 3.07. The number of imide groups is 1. The third-order valence-corrected chi connectivity index (χ3v) is 6.78. The van der Waals surface area contributed by atoms with Gasteiger partial charge < -0.3 is 5.32 Å². The Morgan fingerprint density at radius 3 is 2.30 bits per heavy atom. The van der Waals surface area contributed by atoms with Gasteiger partial charge in [-0.25, -0.2) is 13.2 Å². The number of sulfonamides is 1. The van der Waals surface area contributed by atoms with E-state index in [1.165, 1.54) is 9.21 Å². The van der Waals surface area contributed by atoms with Gasteiger partial charge in [-0.1, -0.05) is 26.0 Å². The Morgan fingerprint density at radius 2 is 1.81 bits per heavy atom. The molecule has 9 heteroatoms. The van der Waals surface area contributed by atoms with Crippen LogP contribution in [0.15, 0.2) is 29.2 Å². The molecule has 2 N–H and O–H groups in total. The van der Waals surface area contributed by atoms with Crippen molar-refractivity contribution in [3.05, 3.63) is 29.8 Å². The number of hydrogen-bond acceptors (Lipinski definition) is 5. The van der Waals surface area contributed by atoms with Gasteiger partial charge in [0.1, 0.15) is 0 Å². The van der Waals surface area contributed by atoms with E-state index >= 15 is 0 Å². The third-order valence-electron chi connectivity index (χ3n) is 4.72. The first-order valence-electron chi connectivity index (χ1n) is 9.17. The summed E-state index contributed by atoms with van der Waals surface area (Å²) in [6.45, 7) is 8.89. The van der Waals surface area contributed by atoms with Crippen molar-refractivity contribution in [3.63, 3.8) is 0 Å². The highest BCUT2D eigenvalue weighted by Crippen LogP contribution is 2.20. The Labute approximate surface area is 161 Å². The summed E-state index contributed by atoms with van der Waals surface area (Å²) < 4.78 is 26.5. The first-order chi connectivity index (χ1) is 12.7. The van der Waals surface area contributed by atoms with Gasteiger partial charge in [0.15, 0.2) is 0 Å². The standard InChI is InChI=1S/C18H28N4O4S/c1-5-21(6-2)27(25,26)16-9-7-15(8-10-16)13(3)20-14(4)17(23)22-12-11-19-18(22)24/h7-10,13-14,20H,5-6,11-12H2,1-4H3,(H,19,24)/t13-,14-/m0/s1. The van der Waals surface area contributed by atoms with Gasteiger partial charge in [-0.3, -0.25) is 15.0 Å².